The van der Waals surface area contributed by atoms with Gasteiger partial charge in [0.25, 0.3) is 0 Å². The van der Waals surface area contributed by atoms with Gasteiger partial charge in [-0.25, -0.2) is 0 Å². The first-order chi connectivity index (χ1) is 17.8. The molecule has 3 fully saturated rings. The van der Waals surface area contributed by atoms with Gasteiger partial charge in [0.05, 0.1) is 16.6 Å². The van der Waals surface area contributed by atoms with Crippen LogP contribution in [0.15, 0.2) is 48.5 Å². The number of likely N-dealkylation sites (tertiary alicyclic amines) is 1. The molecule has 3 amide bonds. The Morgan fingerprint density at radius 2 is 1.84 bits per heavy atom. The summed E-state index contributed by atoms with van der Waals surface area (Å²) in [6, 6.07) is 14.6. The predicted molar refractivity (Wildman–Crippen MR) is 146 cm³/mol. The van der Waals surface area contributed by atoms with Crippen molar-refractivity contribution in [1.29, 1.82) is 0 Å². The number of aryl methyl sites for hydroxylation is 2. The number of nitrogens with one attached hydrogen (secondary N) is 2. The van der Waals surface area contributed by atoms with Crippen molar-refractivity contribution in [3.8, 4) is 0 Å². The number of fused-ring (bicyclic) bond motifs is 1. The molecule has 3 aliphatic rings. The van der Waals surface area contributed by atoms with Crippen LogP contribution >= 0.6 is 11.8 Å². The second-order valence-electron chi connectivity index (χ2n) is 10.7. The van der Waals surface area contributed by atoms with Crippen molar-refractivity contribution in [3.05, 3.63) is 59.7 Å². The fourth-order valence-electron chi connectivity index (χ4n) is 6.57. The van der Waals surface area contributed by atoms with E-state index in [0.29, 0.717) is 25.1 Å². The van der Waals surface area contributed by atoms with Crippen LogP contribution in [0, 0.1) is 31.6 Å². The summed E-state index contributed by atoms with van der Waals surface area (Å²) < 4.78 is -0.665. The highest BCUT2D eigenvalue weighted by Crippen LogP contribution is 2.68. The first-order valence-corrected chi connectivity index (χ1v) is 14.0. The summed E-state index contributed by atoms with van der Waals surface area (Å²) >= 11 is 1.67. The maximum atomic E-state index is 14.1. The van der Waals surface area contributed by atoms with Crippen LogP contribution in [0.4, 0.5) is 11.4 Å². The highest BCUT2D eigenvalue weighted by atomic mass is 32.2. The second kappa shape index (κ2) is 10.1. The number of para-hydroxylation sites is 1. The molecular formula is C29H35N3O4S. The number of hydrogen-bond acceptors (Lipinski definition) is 5. The first-order valence-electron chi connectivity index (χ1n) is 13.1. The topological polar surface area (TPSA) is 98.7 Å². The van der Waals surface area contributed by atoms with Crippen LogP contribution in [0.5, 0.6) is 0 Å². The fourth-order valence-corrected chi connectivity index (χ4v) is 9.00. The van der Waals surface area contributed by atoms with Gasteiger partial charge in [0, 0.05) is 29.8 Å². The van der Waals surface area contributed by atoms with Crippen molar-refractivity contribution in [3.63, 3.8) is 0 Å². The molecule has 3 N–H and O–H groups in total. The van der Waals surface area contributed by atoms with E-state index in [4.69, 9.17) is 0 Å². The third-order valence-corrected chi connectivity index (χ3v) is 10.4. The molecule has 0 radical (unpaired) electrons. The maximum Gasteiger partial charge on any atom is 0.248 e. The smallest absolute Gasteiger partial charge is 0.248 e. The lowest BCUT2D eigenvalue weighted by molar-refractivity contribution is -0.138. The SMILES string of the molecule is Cc1ccc(C)c(NC(=O)C2N(CCCCO)C(=O)[C@@H]3[C@H](C(=O)Nc4ccccc4)[C@@H]4CC(C)C23S4)c1. The minimum atomic E-state index is -0.678. The quantitative estimate of drug-likeness (QED) is 0.457. The molecule has 2 aromatic carbocycles. The average Bonchev–Trinajstić information content (AvgIpc) is 3.46. The van der Waals surface area contributed by atoms with E-state index in [2.05, 4.69) is 17.6 Å². The standard InChI is InChI=1S/C29H35N3O4S/c1-17-11-12-18(2)21(15-17)31-27(35)25-29-19(3)16-22(37-29)23(26(34)30-20-9-5-4-6-10-20)24(29)28(36)32(25)13-7-8-14-33/h4-6,9-12,15,19,22-25,33H,7-8,13-14,16H2,1-3H3,(H,30,34)(H,31,35)/t19?,22-,23+,24-,25?,29?/m0/s1. The number of aliphatic hydroxyl groups excluding tert-OH is 1. The minimum absolute atomic E-state index is 0.0109. The molecule has 196 valence electrons. The number of rotatable bonds is 8. The Bertz CT molecular complexity index is 1200. The van der Waals surface area contributed by atoms with E-state index >= 15 is 0 Å². The van der Waals surface area contributed by atoms with Crippen molar-refractivity contribution in [2.24, 2.45) is 17.8 Å². The molecule has 3 aliphatic heterocycles. The van der Waals surface area contributed by atoms with E-state index in [-0.39, 0.29) is 35.5 Å². The summed E-state index contributed by atoms with van der Waals surface area (Å²) in [6.07, 6.45) is 1.94. The van der Waals surface area contributed by atoms with Crippen LogP contribution in [-0.2, 0) is 14.4 Å². The van der Waals surface area contributed by atoms with Crippen LogP contribution in [0.2, 0.25) is 0 Å². The van der Waals surface area contributed by atoms with Gasteiger partial charge in [0.15, 0.2) is 0 Å². The van der Waals surface area contributed by atoms with Gasteiger partial charge in [0.2, 0.25) is 17.7 Å². The largest absolute Gasteiger partial charge is 0.396 e. The number of carbonyl (C=O) groups excluding carboxylic acids is 3. The summed E-state index contributed by atoms with van der Waals surface area (Å²) in [7, 11) is 0. The molecule has 0 aliphatic carbocycles. The Kier molecular flexibility index (Phi) is 7.07. The highest BCUT2D eigenvalue weighted by Gasteiger charge is 2.75. The Morgan fingerprint density at radius 1 is 1.08 bits per heavy atom. The summed E-state index contributed by atoms with van der Waals surface area (Å²) in [5, 5.41) is 15.5. The molecule has 1 spiro atoms. The molecule has 7 nitrogen and oxygen atoms in total. The van der Waals surface area contributed by atoms with Gasteiger partial charge in [-0.15, -0.1) is 11.8 Å². The minimum Gasteiger partial charge on any atom is -0.396 e. The molecule has 0 saturated carbocycles. The molecule has 3 saturated heterocycles. The van der Waals surface area contributed by atoms with Gasteiger partial charge in [0.1, 0.15) is 6.04 Å². The number of thioether (sulfide) groups is 1. The molecule has 6 atom stereocenters. The zero-order chi connectivity index (χ0) is 26.3. The van der Waals surface area contributed by atoms with Gasteiger partial charge in [-0.2, -0.15) is 0 Å². The van der Waals surface area contributed by atoms with Crippen LogP contribution in [-0.4, -0.2) is 56.9 Å². The number of unbranched alkanes of at least 4 members (excludes halogenated alkanes) is 1. The van der Waals surface area contributed by atoms with E-state index in [1.165, 1.54) is 0 Å². The number of anilines is 2. The Labute approximate surface area is 222 Å². The molecule has 2 bridgehead atoms. The lowest BCUT2D eigenvalue weighted by Crippen LogP contribution is -2.54. The molecule has 0 aromatic heterocycles. The molecule has 5 rings (SSSR count). The number of hydrogen-bond donors (Lipinski definition) is 3. The third kappa shape index (κ3) is 4.34. The van der Waals surface area contributed by atoms with Gasteiger partial charge in [-0.3, -0.25) is 14.4 Å². The van der Waals surface area contributed by atoms with E-state index in [1.807, 2.05) is 62.4 Å². The second-order valence-corrected chi connectivity index (χ2v) is 12.2. The summed E-state index contributed by atoms with van der Waals surface area (Å²) in [4.78, 5) is 43.4. The number of amides is 3. The van der Waals surface area contributed by atoms with Gasteiger partial charge < -0.3 is 20.6 Å². The van der Waals surface area contributed by atoms with E-state index in [0.717, 1.165) is 23.2 Å². The summed E-state index contributed by atoms with van der Waals surface area (Å²) in [5.74, 6) is -1.41. The van der Waals surface area contributed by atoms with Crippen molar-refractivity contribution >= 4 is 40.9 Å². The molecule has 37 heavy (non-hydrogen) atoms. The number of benzene rings is 2. The van der Waals surface area contributed by atoms with Crippen LogP contribution in [0.1, 0.15) is 37.3 Å². The lowest BCUT2D eigenvalue weighted by Gasteiger charge is -2.38. The highest BCUT2D eigenvalue weighted by molar-refractivity contribution is 8.02. The zero-order valence-corrected chi connectivity index (χ0v) is 22.4. The molecule has 2 aromatic rings. The van der Waals surface area contributed by atoms with Gasteiger partial charge in [-0.05, 0) is 68.4 Å². The van der Waals surface area contributed by atoms with E-state index in [1.54, 1.807) is 16.7 Å². The number of aliphatic hydroxyl groups is 1. The first kappa shape index (κ1) is 25.8. The van der Waals surface area contributed by atoms with Crippen LogP contribution in [0.25, 0.3) is 0 Å². The third-order valence-electron chi connectivity index (χ3n) is 8.30. The van der Waals surface area contributed by atoms with Crippen molar-refractivity contribution in [2.75, 3.05) is 23.8 Å². The predicted octanol–water partition coefficient (Wildman–Crippen LogP) is 3.99. The van der Waals surface area contributed by atoms with Gasteiger partial charge >= 0.3 is 0 Å². The van der Waals surface area contributed by atoms with Crippen molar-refractivity contribution in [1.82, 2.24) is 4.90 Å². The summed E-state index contributed by atoms with van der Waals surface area (Å²) in [6.45, 7) is 6.47. The lowest BCUT2D eigenvalue weighted by atomic mass is 9.66. The molecular weight excluding hydrogens is 486 g/mol. The Hall–Kier alpha value is -2.84. The van der Waals surface area contributed by atoms with Crippen LogP contribution in [0.3, 0.4) is 0 Å². The Balaban J connectivity index is 1.50. The maximum absolute atomic E-state index is 14.1. The van der Waals surface area contributed by atoms with E-state index < -0.39 is 22.6 Å². The van der Waals surface area contributed by atoms with Crippen molar-refractivity contribution < 1.29 is 19.5 Å². The van der Waals surface area contributed by atoms with Crippen LogP contribution < -0.4 is 10.6 Å². The normalized spacial score (nSPS) is 29.9. The molecule has 3 heterocycles. The average molecular weight is 522 g/mol. The summed E-state index contributed by atoms with van der Waals surface area (Å²) in [5.41, 5.74) is 3.45. The number of nitrogens with zero attached hydrogens (tertiary/aromatic N) is 1. The fraction of sp³-hybridized carbons (Fsp3) is 0.483. The van der Waals surface area contributed by atoms with E-state index in [9.17, 15) is 19.5 Å². The number of carbonyl (C=O) groups is 3. The Morgan fingerprint density at radius 3 is 2.57 bits per heavy atom. The van der Waals surface area contributed by atoms with Crippen molar-refractivity contribution in [2.45, 2.75) is 56.1 Å². The molecule has 8 heteroatoms. The monoisotopic (exact) mass is 521 g/mol. The molecule has 3 unspecified atom stereocenters. The zero-order valence-electron chi connectivity index (χ0n) is 21.6. The van der Waals surface area contributed by atoms with Gasteiger partial charge in [-0.1, -0.05) is 37.3 Å².